The van der Waals surface area contributed by atoms with Crippen molar-refractivity contribution in [2.75, 3.05) is 32.7 Å². The summed E-state index contributed by atoms with van der Waals surface area (Å²) in [5.41, 5.74) is 4.96. The largest absolute Gasteiger partial charge is 0.347 e. The number of aromatic nitrogens is 1. The molecule has 1 aliphatic heterocycles. The molecular formula is C27H30Cl2N4O. The molecular weight excluding hydrogens is 467 g/mol. The number of carbonyl (C=O) groups is 1. The zero-order valence-electron chi connectivity index (χ0n) is 20.0. The first kappa shape index (κ1) is 24.6. The average Bonchev–Trinajstić information content (AvgIpc) is 2.97. The van der Waals surface area contributed by atoms with Gasteiger partial charge in [-0.05, 0) is 74.3 Å². The number of aryl methyl sites for hydroxylation is 2. The van der Waals surface area contributed by atoms with Crippen LogP contribution in [0.2, 0.25) is 10.0 Å². The van der Waals surface area contributed by atoms with E-state index in [4.69, 9.17) is 23.2 Å². The molecule has 2 aromatic carbocycles. The van der Waals surface area contributed by atoms with Gasteiger partial charge in [0, 0.05) is 54.7 Å². The molecule has 0 saturated carbocycles. The highest BCUT2D eigenvalue weighted by Gasteiger charge is 2.24. The summed E-state index contributed by atoms with van der Waals surface area (Å²) in [5, 5.41) is 11.4. The van der Waals surface area contributed by atoms with Crippen LogP contribution in [0.25, 0.3) is 10.9 Å². The number of nitrogens with zero attached hydrogens (tertiary/aromatic N) is 4. The minimum atomic E-state index is -0.0344. The molecule has 3 aromatic rings. The Morgan fingerprint density at radius 2 is 1.91 bits per heavy atom. The van der Waals surface area contributed by atoms with Gasteiger partial charge in [0.1, 0.15) is 0 Å². The third-order valence-electron chi connectivity index (χ3n) is 6.79. The van der Waals surface area contributed by atoms with Gasteiger partial charge in [0.2, 0.25) is 0 Å². The maximum Gasteiger partial charge on any atom is 0.255 e. The number of hydrogen-bond acceptors (Lipinski definition) is 3. The van der Waals surface area contributed by atoms with E-state index in [0.29, 0.717) is 34.1 Å². The van der Waals surface area contributed by atoms with Gasteiger partial charge < -0.3 is 14.4 Å². The van der Waals surface area contributed by atoms with Crippen LogP contribution in [0.3, 0.4) is 0 Å². The van der Waals surface area contributed by atoms with Crippen LogP contribution >= 0.6 is 23.2 Å². The molecule has 0 unspecified atom stereocenters. The second-order valence-electron chi connectivity index (χ2n) is 9.08. The van der Waals surface area contributed by atoms with Crippen LogP contribution in [0, 0.1) is 18.3 Å². The van der Waals surface area contributed by atoms with Crippen LogP contribution in [0.1, 0.15) is 52.5 Å². The fourth-order valence-electron chi connectivity index (χ4n) is 4.89. The van der Waals surface area contributed by atoms with E-state index in [2.05, 4.69) is 28.5 Å². The monoisotopic (exact) mass is 496 g/mol. The van der Waals surface area contributed by atoms with Gasteiger partial charge in [-0.2, -0.15) is 5.26 Å². The number of carbonyl (C=O) groups excluding carboxylic acids is 1. The van der Waals surface area contributed by atoms with Gasteiger partial charge in [0.15, 0.2) is 0 Å². The lowest BCUT2D eigenvalue weighted by Crippen LogP contribution is -2.35. The molecule has 5 nitrogen and oxygen atoms in total. The molecule has 0 bridgehead atoms. The summed E-state index contributed by atoms with van der Waals surface area (Å²) in [6.45, 7) is 8.60. The first-order valence-corrected chi connectivity index (χ1v) is 12.6. The van der Waals surface area contributed by atoms with Crippen molar-refractivity contribution < 1.29 is 4.79 Å². The van der Waals surface area contributed by atoms with Crippen LogP contribution in [0.15, 0.2) is 30.3 Å². The predicted octanol–water partition coefficient (Wildman–Crippen LogP) is 5.81. The van der Waals surface area contributed by atoms with E-state index in [1.54, 1.807) is 12.1 Å². The molecule has 1 saturated heterocycles. The third-order valence-corrected chi connectivity index (χ3v) is 7.57. The third kappa shape index (κ3) is 4.81. The van der Waals surface area contributed by atoms with Crippen molar-refractivity contribution in [3.8, 4) is 6.07 Å². The molecule has 0 radical (unpaired) electrons. The van der Waals surface area contributed by atoms with Gasteiger partial charge in [-0.25, -0.2) is 0 Å². The molecule has 178 valence electrons. The van der Waals surface area contributed by atoms with Crippen molar-refractivity contribution >= 4 is 40.0 Å². The van der Waals surface area contributed by atoms with E-state index in [-0.39, 0.29) is 5.91 Å². The lowest BCUT2D eigenvalue weighted by atomic mass is 10.0. The maximum atomic E-state index is 13.4. The predicted molar refractivity (Wildman–Crippen MR) is 139 cm³/mol. The summed E-state index contributed by atoms with van der Waals surface area (Å²) in [4.78, 5) is 17.8. The highest BCUT2D eigenvalue weighted by atomic mass is 35.5. The Balaban J connectivity index is 1.64. The quantitative estimate of drug-likeness (QED) is 0.447. The number of hydrogen-bond donors (Lipinski definition) is 0. The van der Waals surface area contributed by atoms with Gasteiger partial charge in [-0.15, -0.1) is 0 Å². The Morgan fingerprint density at radius 3 is 2.65 bits per heavy atom. The second-order valence-corrected chi connectivity index (χ2v) is 9.87. The Morgan fingerprint density at radius 1 is 1.12 bits per heavy atom. The molecule has 0 spiro atoms. The van der Waals surface area contributed by atoms with Crippen LogP contribution in [0.4, 0.5) is 0 Å². The fraction of sp³-hybridized carbons (Fsp3) is 0.407. The summed E-state index contributed by atoms with van der Waals surface area (Å²) >= 11 is 13.4. The summed E-state index contributed by atoms with van der Waals surface area (Å²) in [6.07, 6.45) is 2.57. The number of halogens is 2. The SMILES string of the molecule is CCCN1CCCN(C(=O)c2ccc(Cl)c(Cc3cc4c(C)cc(C#N)cc4n3C)c2Cl)CC1. The first-order chi connectivity index (χ1) is 16.3. The van der Waals surface area contributed by atoms with Crippen molar-refractivity contribution in [2.45, 2.75) is 33.1 Å². The Labute approximate surface area is 211 Å². The summed E-state index contributed by atoms with van der Waals surface area (Å²) in [7, 11) is 1.98. The van der Waals surface area contributed by atoms with E-state index in [1.807, 2.05) is 31.0 Å². The van der Waals surface area contributed by atoms with Crippen molar-refractivity contribution in [1.82, 2.24) is 14.4 Å². The van der Waals surface area contributed by atoms with Crippen molar-refractivity contribution in [2.24, 2.45) is 7.05 Å². The van der Waals surface area contributed by atoms with Crippen LogP contribution in [0.5, 0.6) is 0 Å². The van der Waals surface area contributed by atoms with Crippen LogP contribution in [-0.4, -0.2) is 53.0 Å². The summed E-state index contributed by atoms with van der Waals surface area (Å²) in [5.74, 6) is -0.0344. The number of benzene rings is 2. The van der Waals surface area contributed by atoms with Gasteiger partial charge in [0.25, 0.3) is 5.91 Å². The van der Waals surface area contributed by atoms with Gasteiger partial charge >= 0.3 is 0 Å². The van der Waals surface area contributed by atoms with E-state index in [0.717, 1.165) is 66.7 Å². The Hall–Kier alpha value is -2.52. The molecule has 0 N–H and O–H groups in total. The maximum absolute atomic E-state index is 13.4. The van der Waals surface area contributed by atoms with Crippen LogP contribution in [-0.2, 0) is 13.5 Å². The summed E-state index contributed by atoms with van der Waals surface area (Å²) < 4.78 is 2.07. The van der Waals surface area contributed by atoms with Gasteiger partial charge in [-0.1, -0.05) is 30.1 Å². The topological polar surface area (TPSA) is 52.3 Å². The van der Waals surface area contributed by atoms with E-state index in [9.17, 15) is 10.1 Å². The molecule has 4 rings (SSSR count). The zero-order chi connectivity index (χ0) is 24.4. The van der Waals surface area contributed by atoms with E-state index >= 15 is 0 Å². The Bertz CT molecular complexity index is 1270. The minimum Gasteiger partial charge on any atom is -0.347 e. The zero-order valence-corrected chi connectivity index (χ0v) is 21.5. The molecule has 1 amide bonds. The van der Waals surface area contributed by atoms with Crippen LogP contribution < -0.4 is 0 Å². The molecule has 1 fully saturated rings. The van der Waals surface area contributed by atoms with E-state index in [1.165, 1.54) is 0 Å². The molecule has 1 aromatic heterocycles. The lowest BCUT2D eigenvalue weighted by Gasteiger charge is -2.23. The fourth-order valence-corrected chi connectivity index (χ4v) is 5.47. The average molecular weight is 497 g/mol. The standard InChI is InChI=1S/C27H30Cl2N4O/c1-4-8-32-9-5-10-33(12-11-32)27(34)21-6-7-24(28)23(26(21)29)16-20-15-22-18(2)13-19(17-30)14-25(22)31(20)3/h6-7,13-15H,4-5,8-12,16H2,1-3H3. The normalized spacial score (nSPS) is 14.9. The van der Waals surface area contributed by atoms with Crippen molar-refractivity contribution in [3.63, 3.8) is 0 Å². The molecule has 7 heteroatoms. The van der Waals surface area contributed by atoms with E-state index < -0.39 is 0 Å². The smallest absolute Gasteiger partial charge is 0.255 e. The molecule has 2 heterocycles. The minimum absolute atomic E-state index is 0.0344. The number of rotatable bonds is 5. The number of amides is 1. The Kier molecular flexibility index (Phi) is 7.52. The lowest BCUT2D eigenvalue weighted by molar-refractivity contribution is 0.0761. The first-order valence-electron chi connectivity index (χ1n) is 11.8. The number of nitriles is 1. The molecule has 1 aliphatic rings. The number of fused-ring (bicyclic) bond motifs is 1. The molecule has 0 atom stereocenters. The highest BCUT2D eigenvalue weighted by Crippen LogP contribution is 2.33. The second kappa shape index (κ2) is 10.4. The van der Waals surface area contributed by atoms with Crippen molar-refractivity contribution in [3.05, 3.63) is 68.3 Å². The molecule has 34 heavy (non-hydrogen) atoms. The van der Waals surface area contributed by atoms with Crippen molar-refractivity contribution in [1.29, 1.82) is 5.26 Å². The van der Waals surface area contributed by atoms with Gasteiger partial charge in [0.05, 0.1) is 22.2 Å². The summed E-state index contributed by atoms with van der Waals surface area (Å²) in [6, 6.07) is 11.7. The highest BCUT2D eigenvalue weighted by molar-refractivity contribution is 6.38. The molecule has 0 aliphatic carbocycles. The van der Waals surface area contributed by atoms with Gasteiger partial charge in [-0.3, -0.25) is 4.79 Å².